The van der Waals surface area contributed by atoms with Gasteiger partial charge in [-0.1, -0.05) is 11.6 Å². The second-order valence-corrected chi connectivity index (χ2v) is 7.39. The van der Waals surface area contributed by atoms with Crippen LogP contribution in [0.4, 0.5) is 5.69 Å². The molecule has 0 spiro atoms. The highest BCUT2D eigenvalue weighted by Crippen LogP contribution is 2.33. The van der Waals surface area contributed by atoms with Crippen molar-refractivity contribution in [2.75, 3.05) is 20.3 Å². The number of rotatable bonds is 7. The average molecular weight is 450 g/mol. The number of halogens is 1. The molecule has 4 rings (SSSR count). The molecule has 0 saturated carbocycles. The average Bonchev–Trinajstić information content (AvgIpc) is 3.00. The van der Waals surface area contributed by atoms with Gasteiger partial charge in [-0.15, -0.1) is 0 Å². The van der Waals surface area contributed by atoms with Crippen LogP contribution >= 0.6 is 11.6 Å². The molecule has 0 saturated heterocycles. The third kappa shape index (κ3) is 4.55. The van der Waals surface area contributed by atoms with Gasteiger partial charge < -0.3 is 14.2 Å². The Kier molecular flexibility index (Phi) is 6.61. The first-order valence-electron chi connectivity index (χ1n) is 10.4. The lowest BCUT2D eigenvalue weighted by Crippen LogP contribution is -2.19. The summed E-state index contributed by atoms with van der Waals surface area (Å²) in [5.41, 5.74) is 7.20. The molecule has 1 heterocycles. The van der Waals surface area contributed by atoms with Crippen molar-refractivity contribution in [2.24, 2.45) is 10.1 Å². The summed E-state index contributed by atoms with van der Waals surface area (Å²) in [5, 5.41) is 5.38. The Labute approximate surface area is 192 Å². The van der Waals surface area contributed by atoms with Gasteiger partial charge in [-0.3, -0.25) is 5.43 Å². The van der Waals surface area contributed by atoms with E-state index in [-0.39, 0.29) is 0 Å². The van der Waals surface area contributed by atoms with Gasteiger partial charge >= 0.3 is 0 Å². The summed E-state index contributed by atoms with van der Waals surface area (Å²) in [4.78, 5) is 4.83. The number of benzene rings is 3. The van der Waals surface area contributed by atoms with Crippen molar-refractivity contribution in [3.8, 4) is 17.2 Å². The number of hydrogen-bond donors (Lipinski definition) is 1. The monoisotopic (exact) mass is 449 g/mol. The Balaban J connectivity index is 1.83. The Hall–Kier alpha value is -3.51. The van der Waals surface area contributed by atoms with E-state index >= 15 is 0 Å². The maximum Gasteiger partial charge on any atom is 0.161 e. The smallest absolute Gasteiger partial charge is 0.161 e. The van der Waals surface area contributed by atoms with Crippen LogP contribution in [0.3, 0.4) is 0 Å². The van der Waals surface area contributed by atoms with Crippen LogP contribution < -0.4 is 19.6 Å². The van der Waals surface area contributed by atoms with Gasteiger partial charge in [0.25, 0.3) is 0 Å². The molecule has 3 aromatic rings. The number of ether oxygens (including phenoxy) is 3. The Morgan fingerprint density at radius 3 is 2.28 bits per heavy atom. The summed E-state index contributed by atoms with van der Waals surface area (Å²) < 4.78 is 17.0. The van der Waals surface area contributed by atoms with Crippen molar-refractivity contribution in [1.82, 2.24) is 5.43 Å². The first kappa shape index (κ1) is 21.7. The lowest BCUT2D eigenvalue weighted by molar-refractivity contribution is 0.287. The van der Waals surface area contributed by atoms with Crippen LogP contribution in [-0.2, 0) is 0 Å². The van der Waals surface area contributed by atoms with Crippen molar-refractivity contribution >= 4 is 28.8 Å². The van der Waals surface area contributed by atoms with Crippen molar-refractivity contribution in [2.45, 2.75) is 13.8 Å². The molecule has 164 valence electrons. The standard InChI is InChI=1S/C25H24ClN3O3/c1-4-31-22-13-8-17(14-23(22)32-5-2)24-20-15-19(30-3)11-12-21(20)27-25(29-28-24)16-6-9-18(26)10-7-16/h6-15H,4-5H2,1-3H3,(H,27,29). The SMILES string of the molecule is CCOc1ccc(C2=NNC(c3ccc(Cl)cc3)=Nc3ccc(OC)cc32)cc1OCC. The van der Waals surface area contributed by atoms with Gasteiger partial charge in [0, 0.05) is 21.7 Å². The molecule has 3 aromatic carbocycles. The fourth-order valence-electron chi connectivity index (χ4n) is 3.40. The Morgan fingerprint density at radius 2 is 1.56 bits per heavy atom. The molecule has 0 fully saturated rings. The van der Waals surface area contributed by atoms with E-state index in [1.165, 1.54) is 0 Å². The summed E-state index contributed by atoms with van der Waals surface area (Å²) in [5.74, 6) is 2.71. The summed E-state index contributed by atoms with van der Waals surface area (Å²) in [6.07, 6.45) is 0. The van der Waals surface area contributed by atoms with Gasteiger partial charge in [0.1, 0.15) is 11.5 Å². The Morgan fingerprint density at radius 1 is 0.844 bits per heavy atom. The summed E-state index contributed by atoms with van der Waals surface area (Å²) in [6, 6.07) is 19.0. The number of nitrogens with one attached hydrogen (secondary N) is 1. The number of hydrogen-bond acceptors (Lipinski definition) is 6. The van der Waals surface area contributed by atoms with Crippen LogP contribution in [0.5, 0.6) is 17.2 Å². The molecule has 0 bridgehead atoms. The topological polar surface area (TPSA) is 64.4 Å². The van der Waals surface area contributed by atoms with E-state index in [2.05, 4.69) is 5.43 Å². The van der Waals surface area contributed by atoms with Crippen molar-refractivity contribution in [3.63, 3.8) is 0 Å². The second-order valence-electron chi connectivity index (χ2n) is 6.95. The molecule has 0 aliphatic carbocycles. The predicted molar refractivity (Wildman–Crippen MR) is 128 cm³/mol. The minimum Gasteiger partial charge on any atom is -0.497 e. The molecule has 1 aliphatic heterocycles. The highest BCUT2D eigenvalue weighted by atomic mass is 35.5. The molecule has 0 radical (unpaired) electrons. The third-order valence-corrected chi connectivity index (χ3v) is 5.15. The third-order valence-electron chi connectivity index (χ3n) is 4.90. The highest BCUT2D eigenvalue weighted by molar-refractivity contribution is 6.30. The van der Waals surface area contributed by atoms with E-state index in [4.69, 9.17) is 35.9 Å². The fourth-order valence-corrected chi connectivity index (χ4v) is 3.53. The predicted octanol–water partition coefficient (Wildman–Crippen LogP) is 5.58. The molecule has 6 nitrogen and oxygen atoms in total. The molecular formula is C25H24ClN3O3. The van der Waals surface area contributed by atoms with Gasteiger partial charge in [0.05, 0.1) is 26.0 Å². The Bertz CT molecular complexity index is 1170. The van der Waals surface area contributed by atoms with E-state index in [1.807, 2.05) is 74.5 Å². The number of fused-ring (bicyclic) bond motifs is 1. The van der Waals surface area contributed by atoms with Crippen LogP contribution in [0.15, 0.2) is 70.8 Å². The first-order valence-corrected chi connectivity index (χ1v) is 10.8. The van der Waals surface area contributed by atoms with E-state index in [0.717, 1.165) is 33.8 Å². The molecule has 0 atom stereocenters. The molecule has 7 heteroatoms. The second kappa shape index (κ2) is 9.75. The lowest BCUT2D eigenvalue weighted by Gasteiger charge is -2.14. The van der Waals surface area contributed by atoms with Crippen molar-refractivity contribution in [3.05, 3.63) is 82.4 Å². The van der Waals surface area contributed by atoms with Crippen LogP contribution in [0, 0.1) is 0 Å². The van der Waals surface area contributed by atoms with E-state index < -0.39 is 0 Å². The largest absolute Gasteiger partial charge is 0.497 e. The summed E-state index contributed by atoms with van der Waals surface area (Å²) in [7, 11) is 1.64. The fraction of sp³-hybridized carbons (Fsp3) is 0.200. The molecule has 1 N–H and O–H groups in total. The molecule has 32 heavy (non-hydrogen) atoms. The molecule has 1 aliphatic rings. The number of nitrogens with zero attached hydrogens (tertiary/aromatic N) is 2. The quantitative estimate of drug-likeness (QED) is 0.511. The van der Waals surface area contributed by atoms with Crippen LogP contribution in [0.25, 0.3) is 0 Å². The number of amidine groups is 1. The van der Waals surface area contributed by atoms with Crippen LogP contribution in [0.2, 0.25) is 5.02 Å². The number of aliphatic imine (C=N–C) groups is 1. The maximum atomic E-state index is 6.05. The number of methoxy groups -OCH3 is 1. The molecule has 0 aromatic heterocycles. The van der Waals surface area contributed by atoms with Gasteiger partial charge in [-0.2, -0.15) is 5.10 Å². The van der Waals surface area contributed by atoms with E-state index in [0.29, 0.717) is 35.6 Å². The summed E-state index contributed by atoms with van der Waals surface area (Å²) in [6.45, 7) is 4.98. The van der Waals surface area contributed by atoms with E-state index in [1.54, 1.807) is 7.11 Å². The van der Waals surface area contributed by atoms with Crippen molar-refractivity contribution < 1.29 is 14.2 Å². The zero-order chi connectivity index (χ0) is 22.5. The van der Waals surface area contributed by atoms with Crippen LogP contribution in [0.1, 0.15) is 30.5 Å². The summed E-state index contributed by atoms with van der Waals surface area (Å²) >= 11 is 6.05. The zero-order valence-corrected chi connectivity index (χ0v) is 18.9. The van der Waals surface area contributed by atoms with Gasteiger partial charge in [0.2, 0.25) is 0 Å². The highest BCUT2D eigenvalue weighted by Gasteiger charge is 2.20. The first-order chi connectivity index (χ1) is 15.6. The zero-order valence-electron chi connectivity index (χ0n) is 18.2. The van der Waals surface area contributed by atoms with Gasteiger partial charge in [-0.25, -0.2) is 4.99 Å². The van der Waals surface area contributed by atoms with E-state index in [9.17, 15) is 0 Å². The molecule has 0 unspecified atom stereocenters. The van der Waals surface area contributed by atoms with Crippen LogP contribution in [-0.4, -0.2) is 31.9 Å². The van der Waals surface area contributed by atoms with Gasteiger partial charge in [-0.05, 0) is 74.5 Å². The minimum atomic E-state index is 0.530. The van der Waals surface area contributed by atoms with Crippen molar-refractivity contribution in [1.29, 1.82) is 0 Å². The molecular weight excluding hydrogens is 426 g/mol. The number of hydrazone groups is 1. The molecule has 0 amide bonds. The lowest BCUT2D eigenvalue weighted by atomic mass is 10.00. The maximum absolute atomic E-state index is 6.05. The normalized spacial score (nSPS) is 12.6. The van der Waals surface area contributed by atoms with Gasteiger partial charge in [0.15, 0.2) is 17.3 Å². The minimum absolute atomic E-state index is 0.530.